The van der Waals surface area contributed by atoms with Gasteiger partial charge in [0.2, 0.25) is 0 Å². The van der Waals surface area contributed by atoms with Crippen molar-refractivity contribution in [3.63, 3.8) is 0 Å². The van der Waals surface area contributed by atoms with E-state index in [0.29, 0.717) is 5.56 Å². The highest BCUT2D eigenvalue weighted by Crippen LogP contribution is 2.25. The second kappa shape index (κ2) is 6.11. The van der Waals surface area contributed by atoms with Crippen molar-refractivity contribution in [1.82, 2.24) is 19.3 Å². The predicted molar refractivity (Wildman–Crippen MR) is 78.8 cm³/mol. The molecule has 0 aliphatic carbocycles. The van der Waals surface area contributed by atoms with E-state index in [0.717, 1.165) is 5.82 Å². The summed E-state index contributed by atoms with van der Waals surface area (Å²) in [6, 6.07) is 0.210. The minimum Gasteiger partial charge on any atom is -0.450 e. The number of nitrogens with zero attached hydrogens (tertiary/aromatic N) is 4. The summed E-state index contributed by atoms with van der Waals surface area (Å²) in [4.78, 5) is 16.6. The lowest BCUT2D eigenvalue weighted by Gasteiger charge is -2.20. The molecule has 6 heteroatoms. The second-order valence-corrected chi connectivity index (χ2v) is 5.77. The molecule has 6 nitrogen and oxygen atoms in total. The summed E-state index contributed by atoms with van der Waals surface area (Å²) in [6.45, 7) is 8.02. The molecule has 1 atom stereocenters. The van der Waals surface area contributed by atoms with Gasteiger partial charge in [-0.3, -0.25) is 4.68 Å². The highest BCUT2D eigenvalue weighted by atomic mass is 16.5. The standard InChI is InChI=1S/C15H22N4O2/c1-10(2)13(14-16-6-7-18(14)5)21-15(20)12-8-17-19(9-12)11(3)4/h6-11,13H,1-5H3/t13-/m1/s1. The zero-order valence-electron chi connectivity index (χ0n) is 13.1. The lowest BCUT2D eigenvalue weighted by molar-refractivity contribution is 0.0142. The maximum Gasteiger partial charge on any atom is 0.342 e. The third-order valence-corrected chi connectivity index (χ3v) is 3.32. The Hall–Kier alpha value is -2.11. The average molecular weight is 290 g/mol. The third-order valence-electron chi connectivity index (χ3n) is 3.32. The van der Waals surface area contributed by atoms with Gasteiger partial charge in [-0.1, -0.05) is 13.8 Å². The van der Waals surface area contributed by atoms with E-state index in [9.17, 15) is 4.79 Å². The minimum atomic E-state index is -0.375. The molecule has 2 heterocycles. The average Bonchev–Trinajstić information content (AvgIpc) is 3.04. The predicted octanol–water partition coefficient (Wildman–Crippen LogP) is 2.75. The molecule has 0 bridgehead atoms. The maximum absolute atomic E-state index is 12.3. The van der Waals surface area contributed by atoms with Crippen molar-refractivity contribution in [2.45, 2.75) is 39.8 Å². The van der Waals surface area contributed by atoms with Gasteiger partial charge in [-0.2, -0.15) is 5.10 Å². The van der Waals surface area contributed by atoms with Gasteiger partial charge in [0.25, 0.3) is 0 Å². The molecule has 0 aliphatic rings. The number of aryl methyl sites for hydroxylation is 1. The summed E-state index contributed by atoms with van der Waals surface area (Å²) in [5, 5.41) is 4.16. The van der Waals surface area contributed by atoms with E-state index < -0.39 is 0 Å². The number of esters is 1. The van der Waals surface area contributed by atoms with E-state index in [4.69, 9.17) is 4.74 Å². The van der Waals surface area contributed by atoms with Crippen LogP contribution in [0, 0.1) is 5.92 Å². The SMILES string of the molecule is CC(C)[C@@H](OC(=O)c1cnn(C(C)C)c1)c1nccn1C. The summed E-state index contributed by atoms with van der Waals surface area (Å²) in [6.07, 6.45) is 6.42. The fourth-order valence-corrected chi connectivity index (χ4v) is 2.05. The van der Waals surface area contributed by atoms with Gasteiger partial charge in [0.1, 0.15) is 5.82 Å². The lowest BCUT2D eigenvalue weighted by atomic mass is 10.1. The van der Waals surface area contributed by atoms with Crippen LogP contribution in [0.2, 0.25) is 0 Å². The van der Waals surface area contributed by atoms with E-state index in [-0.39, 0.29) is 24.0 Å². The number of carbonyl (C=O) groups is 1. The third kappa shape index (κ3) is 3.32. The number of imidazole rings is 1. The van der Waals surface area contributed by atoms with Crippen molar-refractivity contribution in [2.75, 3.05) is 0 Å². The molecule has 0 aliphatic heterocycles. The van der Waals surface area contributed by atoms with Crippen molar-refractivity contribution >= 4 is 5.97 Å². The smallest absolute Gasteiger partial charge is 0.342 e. The van der Waals surface area contributed by atoms with Gasteiger partial charge < -0.3 is 9.30 Å². The van der Waals surface area contributed by atoms with Crippen LogP contribution in [0.1, 0.15) is 56.0 Å². The van der Waals surface area contributed by atoms with Crippen LogP contribution in [0.15, 0.2) is 24.8 Å². The Morgan fingerprint density at radius 1 is 1.29 bits per heavy atom. The Kier molecular flexibility index (Phi) is 4.45. The summed E-state index contributed by atoms with van der Waals surface area (Å²) >= 11 is 0. The molecular formula is C15H22N4O2. The molecule has 0 radical (unpaired) electrons. The van der Waals surface area contributed by atoms with E-state index in [1.54, 1.807) is 17.1 Å². The molecule has 0 amide bonds. The molecule has 114 valence electrons. The highest BCUT2D eigenvalue weighted by molar-refractivity contribution is 5.88. The molecule has 2 aromatic heterocycles. The van der Waals surface area contributed by atoms with Crippen molar-refractivity contribution in [1.29, 1.82) is 0 Å². The van der Waals surface area contributed by atoms with Gasteiger partial charge in [-0.05, 0) is 19.8 Å². The first-order chi connectivity index (χ1) is 9.90. The molecule has 0 fully saturated rings. The maximum atomic E-state index is 12.3. The van der Waals surface area contributed by atoms with Crippen molar-refractivity contribution in [3.8, 4) is 0 Å². The minimum absolute atomic E-state index is 0.134. The molecule has 2 aromatic rings. The first-order valence-electron chi connectivity index (χ1n) is 7.12. The molecular weight excluding hydrogens is 268 g/mol. The molecule has 21 heavy (non-hydrogen) atoms. The normalized spacial score (nSPS) is 12.9. The number of hydrogen-bond acceptors (Lipinski definition) is 4. The van der Waals surface area contributed by atoms with Crippen LogP contribution in [-0.4, -0.2) is 25.3 Å². The number of aromatic nitrogens is 4. The number of ether oxygens (including phenoxy) is 1. The quantitative estimate of drug-likeness (QED) is 0.794. The second-order valence-electron chi connectivity index (χ2n) is 5.77. The molecule has 0 N–H and O–H groups in total. The largest absolute Gasteiger partial charge is 0.450 e. The molecule has 0 aromatic carbocycles. The summed E-state index contributed by atoms with van der Waals surface area (Å²) in [7, 11) is 1.89. The Balaban J connectivity index is 2.17. The van der Waals surface area contributed by atoms with Gasteiger partial charge in [0.05, 0.1) is 11.8 Å². The van der Waals surface area contributed by atoms with Gasteiger partial charge >= 0.3 is 5.97 Å². The Morgan fingerprint density at radius 3 is 2.48 bits per heavy atom. The zero-order chi connectivity index (χ0) is 15.6. The monoisotopic (exact) mass is 290 g/mol. The zero-order valence-corrected chi connectivity index (χ0v) is 13.1. The van der Waals surface area contributed by atoms with Crippen molar-refractivity contribution in [3.05, 3.63) is 36.2 Å². The fourth-order valence-electron chi connectivity index (χ4n) is 2.05. The molecule has 0 unspecified atom stereocenters. The van der Waals surface area contributed by atoms with Crippen molar-refractivity contribution < 1.29 is 9.53 Å². The lowest BCUT2D eigenvalue weighted by Crippen LogP contribution is -2.19. The van der Waals surface area contributed by atoms with Crippen LogP contribution in [0.5, 0.6) is 0 Å². The topological polar surface area (TPSA) is 61.9 Å². The number of hydrogen-bond donors (Lipinski definition) is 0. The van der Waals surface area contributed by atoms with Gasteiger partial charge in [0.15, 0.2) is 6.10 Å². The molecule has 0 saturated heterocycles. The van der Waals surface area contributed by atoms with E-state index in [1.807, 2.05) is 45.5 Å². The first kappa shape index (κ1) is 15.3. The van der Waals surface area contributed by atoms with Crippen LogP contribution in [0.25, 0.3) is 0 Å². The van der Waals surface area contributed by atoms with Gasteiger partial charge in [-0.25, -0.2) is 9.78 Å². The summed E-state index contributed by atoms with van der Waals surface area (Å²) in [5.74, 6) is 0.508. The van der Waals surface area contributed by atoms with Crippen LogP contribution in [0.3, 0.4) is 0 Å². The van der Waals surface area contributed by atoms with E-state index in [2.05, 4.69) is 10.1 Å². The van der Waals surface area contributed by atoms with Crippen LogP contribution >= 0.6 is 0 Å². The Morgan fingerprint density at radius 2 is 2.00 bits per heavy atom. The molecule has 0 spiro atoms. The van der Waals surface area contributed by atoms with Crippen LogP contribution in [-0.2, 0) is 11.8 Å². The number of carbonyl (C=O) groups excluding carboxylic acids is 1. The fraction of sp³-hybridized carbons (Fsp3) is 0.533. The first-order valence-corrected chi connectivity index (χ1v) is 7.12. The Bertz CT molecular complexity index is 613. The van der Waals surface area contributed by atoms with E-state index >= 15 is 0 Å². The number of rotatable bonds is 5. The molecule has 0 saturated carbocycles. The molecule has 2 rings (SSSR count). The highest BCUT2D eigenvalue weighted by Gasteiger charge is 2.25. The van der Waals surface area contributed by atoms with Gasteiger partial charge in [-0.15, -0.1) is 0 Å². The summed E-state index contributed by atoms with van der Waals surface area (Å²) < 4.78 is 9.25. The van der Waals surface area contributed by atoms with Crippen LogP contribution in [0.4, 0.5) is 0 Å². The van der Waals surface area contributed by atoms with Crippen LogP contribution < -0.4 is 0 Å². The van der Waals surface area contributed by atoms with Crippen molar-refractivity contribution in [2.24, 2.45) is 13.0 Å². The van der Waals surface area contributed by atoms with E-state index in [1.165, 1.54) is 6.20 Å². The van der Waals surface area contributed by atoms with Gasteiger partial charge in [0, 0.05) is 31.7 Å². The Labute approximate surface area is 124 Å². The summed E-state index contributed by atoms with van der Waals surface area (Å²) in [5.41, 5.74) is 0.462.